The van der Waals surface area contributed by atoms with E-state index in [1.54, 1.807) is 0 Å². The molecule has 0 aliphatic heterocycles. The molecular formula is C49H46Cl2Zr. The van der Waals surface area contributed by atoms with Crippen LogP contribution in [0.25, 0.3) is 32.7 Å². The Morgan fingerprint density at radius 1 is 0.538 bits per heavy atom. The molecule has 0 spiro atoms. The first-order chi connectivity index (χ1) is 24.7. The molecule has 8 rings (SSSR count). The number of fused-ring (bicyclic) bond motifs is 5. The molecule has 0 saturated heterocycles. The topological polar surface area (TPSA) is 0 Å². The van der Waals surface area contributed by atoms with Gasteiger partial charge in [0.15, 0.2) is 0 Å². The summed E-state index contributed by atoms with van der Waals surface area (Å²) < 4.78 is 2.17. The van der Waals surface area contributed by atoms with Crippen molar-refractivity contribution in [2.45, 2.75) is 73.5 Å². The van der Waals surface area contributed by atoms with Gasteiger partial charge in [-0.3, -0.25) is 0 Å². The van der Waals surface area contributed by atoms with Gasteiger partial charge < -0.3 is 0 Å². The van der Waals surface area contributed by atoms with Gasteiger partial charge in [-0.1, -0.05) is 0 Å². The summed E-state index contributed by atoms with van der Waals surface area (Å²) in [4.78, 5) is 0. The zero-order valence-corrected chi connectivity index (χ0v) is 35.4. The van der Waals surface area contributed by atoms with Crippen LogP contribution in [-0.2, 0) is 32.1 Å². The Balaban J connectivity index is 1.58. The number of aryl methyl sites for hydroxylation is 2. The molecule has 6 aromatic carbocycles. The molecule has 2 aliphatic rings. The average molecular weight is 797 g/mol. The van der Waals surface area contributed by atoms with Crippen molar-refractivity contribution in [3.8, 4) is 11.1 Å². The summed E-state index contributed by atoms with van der Waals surface area (Å²) in [6, 6.07) is 36.5. The van der Waals surface area contributed by atoms with Crippen molar-refractivity contribution in [3.63, 3.8) is 0 Å². The molecule has 0 bridgehead atoms. The van der Waals surface area contributed by atoms with Crippen molar-refractivity contribution in [2.75, 3.05) is 0 Å². The molecular weight excluding hydrogens is 751 g/mol. The standard InChI is InChI=1S/C23H29.C21H12Cl2.C5H5.Zr/c1-14-9-16-11-17-10-15(2)21(23(6,7)8)13-19(17)18(16)12-20(14)22(3,4)5;22-20-11-9-14(16-5-1-3-7-18(16)20)13-15-10-12-21(23)19-8-4-2-6-17(15)19;1-2-4-5-3-1;/h9-13H,1-8H3;1-12H;1-5H;. The number of benzene rings is 6. The van der Waals surface area contributed by atoms with Crippen LogP contribution >= 0.6 is 23.2 Å². The summed E-state index contributed by atoms with van der Waals surface area (Å²) in [5.74, 6) is 0. The van der Waals surface area contributed by atoms with E-state index in [0.29, 0.717) is 7.25 Å². The van der Waals surface area contributed by atoms with Gasteiger partial charge in [-0.25, -0.2) is 0 Å². The van der Waals surface area contributed by atoms with E-state index in [4.69, 9.17) is 23.2 Å². The number of halogens is 2. The summed E-state index contributed by atoms with van der Waals surface area (Å²) in [5, 5.41) is 6.20. The summed E-state index contributed by atoms with van der Waals surface area (Å²) in [6.07, 6.45) is 9.55. The molecule has 2 aliphatic carbocycles. The maximum absolute atomic E-state index is 6.97. The fourth-order valence-electron chi connectivity index (χ4n) is 9.08. The van der Waals surface area contributed by atoms with Crippen molar-refractivity contribution in [3.05, 3.63) is 176 Å². The second-order valence-corrected chi connectivity index (χ2v) is 24.2. The number of hydrogen-bond acceptors (Lipinski definition) is 0. The molecule has 0 N–H and O–H groups in total. The van der Waals surface area contributed by atoms with Gasteiger partial charge in [0.2, 0.25) is 0 Å². The van der Waals surface area contributed by atoms with E-state index < -0.39 is 21.3 Å². The Kier molecular flexibility index (Phi) is 9.05. The Labute approximate surface area is 327 Å². The SMILES string of the molecule is Cc1cc2c(cc1C(C)(C)C)-c1cc(C(C)(C)C)c(C)cc1[CH]2[Zr](=[C](c1ccc(Cl)c2ccccc12)c1ccc(Cl)c2ccccc12)[CH]1C=CC=C1. The zero-order chi connectivity index (χ0) is 36.7. The Bertz CT molecular complexity index is 2360. The Hall–Kier alpha value is -3.35. The predicted molar refractivity (Wildman–Crippen MR) is 224 cm³/mol. The summed E-state index contributed by atoms with van der Waals surface area (Å²) in [5.41, 5.74) is 14.2. The monoisotopic (exact) mass is 794 g/mol. The van der Waals surface area contributed by atoms with E-state index in [1.165, 1.54) is 69.6 Å². The third-order valence-corrected chi connectivity index (χ3v) is 20.5. The average Bonchev–Trinajstić information content (AvgIpc) is 3.73. The molecule has 0 aromatic heterocycles. The number of allylic oxidation sites excluding steroid dienone is 4. The molecule has 6 aromatic rings. The van der Waals surface area contributed by atoms with Gasteiger partial charge in [-0.15, -0.1) is 0 Å². The van der Waals surface area contributed by atoms with E-state index in [-0.39, 0.29) is 10.8 Å². The van der Waals surface area contributed by atoms with Crippen LogP contribution in [0.15, 0.2) is 121 Å². The van der Waals surface area contributed by atoms with Gasteiger partial charge in [0.05, 0.1) is 0 Å². The molecule has 0 amide bonds. The van der Waals surface area contributed by atoms with Gasteiger partial charge in [0.1, 0.15) is 0 Å². The van der Waals surface area contributed by atoms with Gasteiger partial charge >= 0.3 is 330 Å². The van der Waals surface area contributed by atoms with Crippen LogP contribution in [0.5, 0.6) is 0 Å². The molecule has 52 heavy (non-hydrogen) atoms. The second kappa shape index (κ2) is 13.2. The van der Waals surface area contributed by atoms with Crippen LogP contribution in [0, 0.1) is 13.8 Å². The summed E-state index contributed by atoms with van der Waals surface area (Å²) in [6.45, 7) is 18.8. The first kappa shape index (κ1) is 35.7. The van der Waals surface area contributed by atoms with Crippen molar-refractivity contribution < 1.29 is 21.3 Å². The summed E-state index contributed by atoms with van der Waals surface area (Å²) in [7, 11) is 0. The second-order valence-electron chi connectivity index (χ2n) is 16.8. The van der Waals surface area contributed by atoms with Gasteiger partial charge in [-0.05, 0) is 0 Å². The Morgan fingerprint density at radius 2 is 0.942 bits per heavy atom. The van der Waals surface area contributed by atoms with E-state index in [9.17, 15) is 0 Å². The van der Waals surface area contributed by atoms with Crippen molar-refractivity contribution in [1.82, 2.24) is 0 Å². The molecule has 0 nitrogen and oxygen atoms in total. The first-order valence-corrected chi connectivity index (χ1v) is 23.3. The molecule has 0 unspecified atom stereocenters. The van der Waals surface area contributed by atoms with Crippen LogP contribution in [0.2, 0.25) is 13.7 Å². The van der Waals surface area contributed by atoms with E-state index in [2.05, 4.69) is 177 Å². The van der Waals surface area contributed by atoms with E-state index >= 15 is 0 Å². The fourth-order valence-corrected chi connectivity index (χ4v) is 19.0. The fraction of sp³-hybridized carbons (Fsp3) is 0.245. The number of rotatable bonds is 4. The quantitative estimate of drug-likeness (QED) is 0.167. The minimum absolute atomic E-state index is 0.0369. The third-order valence-electron chi connectivity index (χ3n) is 11.3. The molecule has 0 radical (unpaired) electrons. The van der Waals surface area contributed by atoms with Crippen LogP contribution in [0.1, 0.15) is 89.7 Å². The number of hydrogen-bond donors (Lipinski definition) is 0. The third kappa shape index (κ3) is 5.97. The van der Waals surface area contributed by atoms with Crippen LogP contribution < -0.4 is 0 Å². The van der Waals surface area contributed by atoms with Gasteiger partial charge in [0.25, 0.3) is 0 Å². The van der Waals surface area contributed by atoms with Crippen LogP contribution in [-0.4, -0.2) is 3.21 Å². The van der Waals surface area contributed by atoms with Crippen LogP contribution in [0.3, 0.4) is 0 Å². The van der Waals surface area contributed by atoms with Crippen LogP contribution in [0.4, 0.5) is 0 Å². The zero-order valence-electron chi connectivity index (χ0n) is 31.5. The van der Waals surface area contributed by atoms with E-state index in [1.807, 2.05) is 0 Å². The molecule has 0 heterocycles. The van der Waals surface area contributed by atoms with Gasteiger partial charge in [0, 0.05) is 0 Å². The molecule has 0 saturated carbocycles. The minimum atomic E-state index is -3.04. The van der Waals surface area contributed by atoms with Gasteiger partial charge in [-0.2, -0.15) is 0 Å². The molecule has 3 heteroatoms. The molecule has 0 fully saturated rings. The molecule has 0 atom stereocenters. The predicted octanol–water partition coefficient (Wildman–Crippen LogP) is 14.4. The Morgan fingerprint density at radius 3 is 1.35 bits per heavy atom. The van der Waals surface area contributed by atoms with Crippen molar-refractivity contribution in [2.24, 2.45) is 0 Å². The normalized spacial score (nSPS) is 14.4. The van der Waals surface area contributed by atoms with Crippen molar-refractivity contribution >= 4 is 48.0 Å². The first-order valence-electron chi connectivity index (χ1n) is 18.5. The van der Waals surface area contributed by atoms with E-state index in [0.717, 1.165) is 20.8 Å². The summed E-state index contributed by atoms with van der Waals surface area (Å²) >= 11 is 10.9. The molecule has 260 valence electrons. The maximum atomic E-state index is 6.97. The van der Waals surface area contributed by atoms with Crippen molar-refractivity contribution in [1.29, 1.82) is 0 Å².